The molecule has 0 saturated carbocycles. The molecule has 1 aliphatic rings. The topological polar surface area (TPSA) is 108 Å². The lowest BCUT2D eigenvalue weighted by Gasteiger charge is -2.28. The summed E-state index contributed by atoms with van der Waals surface area (Å²) in [5.74, 6) is 0.977. The number of H-pyrrole nitrogens is 1. The van der Waals surface area contributed by atoms with Gasteiger partial charge in [-0.25, -0.2) is 0 Å². The SMILES string of the molecule is COc1ccccc1CN(CC(Cc1c[nH]c2ccccc12)NC(=O)COc1ccc(C2CC(C)=NN2)cc1)C(C)=O. The number of aromatic amines is 1. The second-order valence-electron chi connectivity index (χ2n) is 10.6. The summed E-state index contributed by atoms with van der Waals surface area (Å²) < 4.78 is 11.3. The van der Waals surface area contributed by atoms with Crippen LogP contribution >= 0.6 is 0 Å². The van der Waals surface area contributed by atoms with Crippen molar-refractivity contribution in [3.05, 3.63) is 95.7 Å². The van der Waals surface area contributed by atoms with Crippen molar-refractivity contribution in [2.24, 2.45) is 5.10 Å². The van der Waals surface area contributed by atoms with E-state index < -0.39 is 0 Å². The van der Waals surface area contributed by atoms with Gasteiger partial charge in [-0.3, -0.25) is 9.59 Å². The third-order valence-corrected chi connectivity index (χ3v) is 7.51. The molecular formula is C33H37N5O4. The predicted octanol–water partition coefficient (Wildman–Crippen LogP) is 4.74. The molecule has 9 heteroatoms. The van der Waals surface area contributed by atoms with Crippen LogP contribution in [0, 0.1) is 0 Å². The van der Waals surface area contributed by atoms with Crippen LogP contribution in [0.1, 0.15) is 43.0 Å². The summed E-state index contributed by atoms with van der Waals surface area (Å²) in [4.78, 5) is 31.0. The number of benzene rings is 3. The summed E-state index contributed by atoms with van der Waals surface area (Å²) in [5.41, 5.74) is 8.31. The number of methoxy groups -OCH3 is 1. The summed E-state index contributed by atoms with van der Waals surface area (Å²) in [5, 5.41) is 8.47. The van der Waals surface area contributed by atoms with Crippen LogP contribution in [0.4, 0.5) is 0 Å². The van der Waals surface area contributed by atoms with Crippen LogP contribution in [-0.4, -0.2) is 53.7 Å². The normalized spacial score (nSPS) is 15.0. The van der Waals surface area contributed by atoms with Crippen LogP contribution < -0.4 is 20.2 Å². The molecule has 0 fully saturated rings. The molecule has 0 aliphatic carbocycles. The summed E-state index contributed by atoms with van der Waals surface area (Å²) in [6.07, 6.45) is 3.37. The number of rotatable bonds is 12. The molecule has 2 unspecified atom stereocenters. The monoisotopic (exact) mass is 567 g/mol. The molecule has 0 radical (unpaired) electrons. The molecule has 2 atom stereocenters. The number of aromatic nitrogens is 1. The van der Waals surface area contributed by atoms with Crippen molar-refractivity contribution < 1.29 is 19.1 Å². The van der Waals surface area contributed by atoms with Gasteiger partial charge in [0.2, 0.25) is 5.91 Å². The number of carbonyl (C=O) groups excluding carboxylic acids is 2. The summed E-state index contributed by atoms with van der Waals surface area (Å²) in [6.45, 7) is 4.09. The smallest absolute Gasteiger partial charge is 0.258 e. The van der Waals surface area contributed by atoms with Gasteiger partial charge < -0.3 is 30.1 Å². The van der Waals surface area contributed by atoms with Gasteiger partial charge in [0.1, 0.15) is 11.5 Å². The summed E-state index contributed by atoms with van der Waals surface area (Å²) >= 11 is 0. The average molecular weight is 568 g/mol. The van der Waals surface area contributed by atoms with E-state index in [2.05, 4.69) is 26.9 Å². The molecule has 42 heavy (non-hydrogen) atoms. The van der Waals surface area contributed by atoms with Crippen molar-refractivity contribution in [1.29, 1.82) is 0 Å². The van der Waals surface area contributed by atoms with Crippen molar-refractivity contribution in [3.8, 4) is 11.5 Å². The van der Waals surface area contributed by atoms with E-state index in [0.29, 0.717) is 31.0 Å². The first kappa shape index (κ1) is 28.7. The molecule has 4 aromatic rings. The Bertz CT molecular complexity index is 1560. The predicted molar refractivity (Wildman–Crippen MR) is 164 cm³/mol. The zero-order valence-electron chi connectivity index (χ0n) is 24.2. The maximum absolute atomic E-state index is 13.1. The minimum Gasteiger partial charge on any atom is -0.496 e. The standard InChI is InChI=1S/C33H37N5O4/c1-22-16-31(37-36-22)24-12-14-28(15-13-24)42-21-33(40)35-27(17-26-18-34-30-10-6-5-9-29(26)30)20-38(23(2)39)19-25-8-4-7-11-32(25)41-3/h4-15,18,27,31,34,37H,16-17,19-21H2,1-3H3,(H,35,40). The van der Waals surface area contributed by atoms with Crippen LogP contribution in [0.3, 0.4) is 0 Å². The van der Waals surface area contributed by atoms with Gasteiger partial charge in [-0.15, -0.1) is 0 Å². The Morgan fingerprint density at radius 3 is 2.55 bits per heavy atom. The van der Waals surface area contributed by atoms with Crippen molar-refractivity contribution in [1.82, 2.24) is 20.6 Å². The Morgan fingerprint density at radius 2 is 1.81 bits per heavy atom. The molecule has 0 saturated heterocycles. The highest BCUT2D eigenvalue weighted by Crippen LogP contribution is 2.24. The van der Waals surface area contributed by atoms with Crippen molar-refractivity contribution >= 4 is 28.4 Å². The fourth-order valence-electron chi connectivity index (χ4n) is 5.32. The number of hydrogen-bond donors (Lipinski definition) is 3. The number of fused-ring (bicyclic) bond motifs is 1. The molecule has 5 rings (SSSR count). The molecule has 2 heterocycles. The van der Waals surface area contributed by atoms with E-state index >= 15 is 0 Å². The highest BCUT2D eigenvalue weighted by Gasteiger charge is 2.22. The molecule has 2 amide bonds. The van der Waals surface area contributed by atoms with Gasteiger partial charge in [0.25, 0.3) is 5.91 Å². The highest BCUT2D eigenvalue weighted by atomic mass is 16.5. The molecule has 0 bridgehead atoms. The molecule has 3 aromatic carbocycles. The number of amides is 2. The van der Waals surface area contributed by atoms with E-state index in [9.17, 15) is 9.59 Å². The number of nitrogens with one attached hydrogen (secondary N) is 3. The maximum atomic E-state index is 13.1. The van der Waals surface area contributed by atoms with Gasteiger partial charge in [0.15, 0.2) is 6.61 Å². The van der Waals surface area contributed by atoms with Crippen molar-refractivity contribution in [3.63, 3.8) is 0 Å². The molecule has 3 N–H and O–H groups in total. The summed E-state index contributed by atoms with van der Waals surface area (Å²) in [6, 6.07) is 23.2. The Labute approximate surface area is 245 Å². The Kier molecular flexibility index (Phi) is 9.06. The zero-order chi connectivity index (χ0) is 29.5. The van der Waals surface area contributed by atoms with Gasteiger partial charge in [-0.05, 0) is 48.7 Å². The number of nitrogens with zero attached hydrogens (tertiary/aromatic N) is 2. The number of ether oxygens (including phenoxy) is 2. The highest BCUT2D eigenvalue weighted by molar-refractivity contribution is 5.84. The number of para-hydroxylation sites is 2. The van der Waals surface area contributed by atoms with Gasteiger partial charge >= 0.3 is 0 Å². The van der Waals surface area contributed by atoms with E-state index in [0.717, 1.165) is 39.7 Å². The van der Waals surface area contributed by atoms with E-state index in [-0.39, 0.29) is 30.5 Å². The second-order valence-corrected chi connectivity index (χ2v) is 10.6. The van der Waals surface area contributed by atoms with E-state index in [1.54, 1.807) is 18.9 Å². The van der Waals surface area contributed by atoms with E-state index in [1.165, 1.54) is 0 Å². The first-order valence-corrected chi connectivity index (χ1v) is 14.1. The van der Waals surface area contributed by atoms with Crippen LogP contribution in [0.5, 0.6) is 11.5 Å². The fraction of sp³-hybridized carbons (Fsp3) is 0.303. The lowest BCUT2D eigenvalue weighted by molar-refractivity contribution is -0.131. The van der Waals surface area contributed by atoms with Gasteiger partial charge in [0.05, 0.1) is 19.2 Å². The minimum atomic E-state index is -0.349. The first-order valence-electron chi connectivity index (χ1n) is 14.1. The molecule has 1 aliphatic heterocycles. The minimum absolute atomic E-state index is 0.0900. The average Bonchev–Trinajstić information content (AvgIpc) is 3.62. The largest absolute Gasteiger partial charge is 0.496 e. The first-order chi connectivity index (χ1) is 20.4. The number of hydrogen-bond acceptors (Lipinski definition) is 6. The Balaban J connectivity index is 1.27. The molecular weight excluding hydrogens is 530 g/mol. The number of carbonyl (C=O) groups is 2. The third kappa shape index (κ3) is 7.09. The van der Waals surface area contributed by atoms with Gasteiger partial charge in [0, 0.05) is 54.8 Å². The van der Waals surface area contributed by atoms with Crippen LogP contribution in [-0.2, 0) is 22.6 Å². The number of hydrazone groups is 1. The fourth-order valence-corrected chi connectivity index (χ4v) is 5.32. The quantitative estimate of drug-likeness (QED) is 0.229. The molecule has 1 aromatic heterocycles. The maximum Gasteiger partial charge on any atom is 0.258 e. The van der Waals surface area contributed by atoms with Crippen LogP contribution in [0.15, 0.2) is 84.1 Å². The second kappa shape index (κ2) is 13.2. The molecule has 218 valence electrons. The zero-order valence-corrected chi connectivity index (χ0v) is 24.2. The lowest BCUT2D eigenvalue weighted by atomic mass is 10.0. The van der Waals surface area contributed by atoms with Crippen LogP contribution in [0.2, 0.25) is 0 Å². The summed E-state index contributed by atoms with van der Waals surface area (Å²) in [7, 11) is 1.62. The lowest BCUT2D eigenvalue weighted by Crippen LogP contribution is -2.47. The van der Waals surface area contributed by atoms with Gasteiger partial charge in [-0.2, -0.15) is 5.10 Å². The molecule has 9 nitrogen and oxygen atoms in total. The van der Waals surface area contributed by atoms with Crippen molar-refractivity contribution in [2.75, 3.05) is 20.3 Å². The molecule has 0 spiro atoms. The Hall–Kier alpha value is -4.79. The van der Waals surface area contributed by atoms with E-state index in [1.807, 2.05) is 79.9 Å². The van der Waals surface area contributed by atoms with Crippen molar-refractivity contribution in [2.45, 2.75) is 45.3 Å². The Morgan fingerprint density at radius 1 is 1.05 bits per heavy atom. The van der Waals surface area contributed by atoms with Gasteiger partial charge in [-0.1, -0.05) is 48.5 Å². The van der Waals surface area contributed by atoms with E-state index in [4.69, 9.17) is 9.47 Å². The third-order valence-electron chi connectivity index (χ3n) is 7.51. The van der Waals surface area contributed by atoms with Crippen LogP contribution in [0.25, 0.3) is 10.9 Å².